The van der Waals surface area contributed by atoms with Crippen LogP contribution in [0.1, 0.15) is 51.9 Å². The normalized spacial score (nSPS) is 33.8. The lowest BCUT2D eigenvalue weighted by atomic mass is 9.43. The number of hydrogen-bond acceptors (Lipinski definition) is 5. The zero-order valence-corrected chi connectivity index (χ0v) is 17.5. The number of ketones is 1. The maximum Gasteiger partial charge on any atom is 0.432 e. The molecule has 0 aromatic heterocycles. The number of esters is 1. The monoisotopic (exact) mass is 474 g/mol. The Morgan fingerprint density at radius 2 is 1.65 bits per heavy atom. The number of alkyl halides is 5. The Morgan fingerprint density at radius 1 is 1.13 bits per heavy atom. The standard InChI is InChI=1S/C19H23F5O6S/c1-10(2)13(25)8-16-4-11-3-12(5-16)7-17(6-11,9-16)15(26)30-14(18(20,21)22)19(23,24)31(27,28)29/h11-12,14H,1,3-9H2,2H3,(H,27,28,29). The molecule has 4 aliphatic carbocycles. The smallest absolute Gasteiger partial charge is 0.432 e. The van der Waals surface area contributed by atoms with Crippen molar-refractivity contribution in [3.05, 3.63) is 12.2 Å². The Morgan fingerprint density at radius 3 is 2.06 bits per heavy atom. The quantitative estimate of drug-likeness (QED) is 0.259. The second kappa shape index (κ2) is 7.23. The Balaban J connectivity index is 1.91. The van der Waals surface area contributed by atoms with Crippen LogP contribution in [0.25, 0.3) is 0 Å². The van der Waals surface area contributed by atoms with E-state index in [1.165, 1.54) is 6.92 Å². The number of carbonyl (C=O) groups is 2. The van der Waals surface area contributed by atoms with Gasteiger partial charge in [-0.15, -0.1) is 0 Å². The SMILES string of the molecule is C=C(C)C(=O)CC12CC3CC(C1)CC(C(=O)OC(C(F)(F)F)C(F)(F)S(=O)(=O)O)(C3)C2. The van der Waals surface area contributed by atoms with Crippen molar-refractivity contribution >= 4 is 21.9 Å². The van der Waals surface area contributed by atoms with Crippen LogP contribution < -0.4 is 0 Å². The summed E-state index contributed by atoms with van der Waals surface area (Å²) < 4.78 is 102. The van der Waals surface area contributed by atoms with Crippen molar-refractivity contribution < 1.29 is 49.2 Å². The van der Waals surface area contributed by atoms with E-state index in [0.717, 1.165) is 0 Å². The van der Waals surface area contributed by atoms with Crippen LogP contribution in [-0.4, -0.2) is 42.3 Å². The van der Waals surface area contributed by atoms with Crippen molar-refractivity contribution in [1.29, 1.82) is 0 Å². The maximum absolute atomic E-state index is 13.9. The van der Waals surface area contributed by atoms with Gasteiger partial charge in [0.05, 0.1) is 5.41 Å². The molecular formula is C19H23F5O6S. The molecule has 4 fully saturated rings. The van der Waals surface area contributed by atoms with E-state index in [9.17, 15) is 40.0 Å². The summed E-state index contributed by atoms with van der Waals surface area (Å²) in [5.41, 5.74) is -1.88. The van der Waals surface area contributed by atoms with Gasteiger partial charge in [-0.1, -0.05) is 6.58 Å². The highest BCUT2D eigenvalue weighted by Crippen LogP contribution is 2.67. The third-order valence-electron chi connectivity index (χ3n) is 6.80. The van der Waals surface area contributed by atoms with Crippen molar-refractivity contribution in [2.24, 2.45) is 22.7 Å². The van der Waals surface area contributed by atoms with Crippen LogP contribution in [0.5, 0.6) is 0 Å². The van der Waals surface area contributed by atoms with Gasteiger partial charge in [-0.2, -0.15) is 30.4 Å². The molecule has 4 rings (SSSR count). The number of Topliss-reactive ketones (excluding diaryl/α,β-unsaturated/α-hetero) is 1. The van der Waals surface area contributed by atoms with Gasteiger partial charge in [-0.05, 0) is 68.3 Å². The molecule has 12 heteroatoms. The van der Waals surface area contributed by atoms with E-state index < -0.39 is 44.5 Å². The Kier molecular flexibility index (Phi) is 5.61. The first kappa shape index (κ1) is 24.1. The molecule has 0 saturated heterocycles. The predicted molar refractivity (Wildman–Crippen MR) is 96.4 cm³/mol. The fraction of sp³-hybridized carbons (Fsp3) is 0.789. The molecule has 31 heavy (non-hydrogen) atoms. The number of ether oxygens (including phenoxy) is 1. The van der Waals surface area contributed by atoms with Crippen LogP contribution in [0.4, 0.5) is 22.0 Å². The van der Waals surface area contributed by atoms with Gasteiger partial charge in [0.2, 0.25) is 0 Å². The molecule has 176 valence electrons. The largest absolute Gasteiger partial charge is 0.444 e. The molecule has 3 unspecified atom stereocenters. The Labute approximate surface area is 175 Å². The summed E-state index contributed by atoms with van der Waals surface area (Å²) in [7, 11) is -6.51. The third kappa shape index (κ3) is 4.24. The van der Waals surface area contributed by atoms with E-state index in [0.29, 0.717) is 24.8 Å². The molecular weight excluding hydrogens is 451 g/mol. The fourth-order valence-electron chi connectivity index (χ4n) is 6.08. The number of rotatable bonds is 7. The average molecular weight is 474 g/mol. The van der Waals surface area contributed by atoms with Gasteiger partial charge in [0.25, 0.3) is 6.10 Å². The second-order valence-electron chi connectivity index (χ2n) is 9.49. The minimum atomic E-state index is -6.51. The molecule has 1 N–H and O–H groups in total. The molecule has 0 aromatic carbocycles. The van der Waals surface area contributed by atoms with Gasteiger partial charge in [-0.25, -0.2) is 0 Å². The van der Waals surface area contributed by atoms with Crippen LogP contribution in [0.3, 0.4) is 0 Å². The van der Waals surface area contributed by atoms with E-state index in [4.69, 9.17) is 4.55 Å². The molecule has 6 nitrogen and oxygen atoms in total. The summed E-state index contributed by atoms with van der Waals surface area (Å²) in [5.74, 6) is -1.98. The first-order chi connectivity index (χ1) is 13.9. The lowest BCUT2D eigenvalue weighted by molar-refractivity contribution is -0.267. The second-order valence-corrected chi connectivity index (χ2v) is 11.0. The maximum atomic E-state index is 13.9. The zero-order valence-electron chi connectivity index (χ0n) is 16.7. The van der Waals surface area contributed by atoms with Crippen molar-refractivity contribution in [2.45, 2.75) is 69.4 Å². The van der Waals surface area contributed by atoms with Crippen molar-refractivity contribution in [3.63, 3.8) is 0 Å². The van der Waals surface area contributed by atoms with E-state index in [1.54, 1.807) is 0 Å². The van der Waals surface area contributed by atoms with Crippen molar-refractivity contribution in [2.75, 3.05) is 0 Å². The summed E-state index contributed by atoms with van der Waals surface area (Å²) >= 11 is 0. The summed E-state index contributed by atoms with van der Waals surface area (Å²) in [5, 5.41) is -5.77. The Bertz CT molecular complexity index is 895. The molecule has 4 saturated carbocycles. The molecule has 4 aliphatic rings. The highest BCUT2D eigenvalue weighted by atomic mass is 32.2. The molecule has 4 bridgehead atoms. The number of allylic oxidation sites excluding steroid dienone is 1. The molecule has 3 atom stereocenters. The highest BCUT2D eigenvalue weighted by Gasteiger charge is 2.68. The molecule has 0 aliphatic heterocycles. The molecule has 0 radical (unpaired) electrons. The summed E-state index contributed by atoms with van der Waals surface area (Å²) in [4.78, 5) is 25.1. The first-order valence-corrected chi connectivity index (χ1v) is 11.2. The van der Waals surface area contributed by atoms with Crippen LogP contribution >= 0.6 is 0 Å². The minimum absolute atomic E-state index is 0.00707. The van der Waals surface area contributed by atoms with Crippen molar-refractivity contribution in [3.8, 4) is 0 Å². The van der Waals surface area contributed by atoms with Crippen LogP contribution in [0, 0.1) is 22.7 Å². The van der Waals surface area contributed by atoms with Gasteiger partial charge in [0.1, 0.15) is 0 Å². The number of hydrogen-bond donors (Lipinski definition) is 1. The highest BCUT2D eigenvalue weighted by molar-refractivity contribution is 7.86. The third-order valence-corrected chi connectivity index (χ3v) is 7.70. The van der Waals surface area contributed by atoms with Gasteiger partial charge in [0.15, 0.2) is 5.78 Å². The summed E-state index contributed by atoms with van der Waals surface area (Å²) in [6.45, 7) is 5.12. The van der Waals surface area contributed by atoms with Crippen LogP contribution in [0.2, 0.25) is 0 Å². The fourth-order valence-corrected chi connectivity index (χ4v) is 6.53. The molecule has 0 heterocycles. The number of carbonyl (C=O) groups excluding carboxylic acids is 2. The number of halogens is 5. The van der Waals surface area contributed by atoms with E-state index in [1.807, 2.05) is 0 Å². The lowest BCUT2D eigenvalue weighted by Gasteiger charge is -2.61. The van der Waals surface area contributed by atoms with Gasteiger partial charge >= 0.3 is 27.5 Å². The first-order valence-electron chi connectivity index (χ1n) is 9.72. The lowest BCUT2D eigenvalue weighted by Crippen LogP contribution is -2.58. The van der Waals surface area contributed by atoms with Gasteiger partial charge in [0, 0.05) is 6.42 Å². The summed E-state index contributed by atoms with van der Waals surface area (Å²) in [6.07, 6.45) is -8.12. The van der Waals surface area contributed by atoms with Crippen LogP contribution in [-0.2, 0) is 24.4 Å². The van der Waals surface area contributed by atoms with E-state index in [-0.39, 0.29) is 43.3 Å². The average Bonchev–Trinajstić information content (AvgIpc) is 2.55. The molecule has 0 spiro atoms. The zero-order chi connectivity index (χ0) is 23.6. The van der Waals surface area contributed by atoms with E-state index in [2.05, 4.69) is 11.3 Å². The predicted octanol–water partition coefficient (Wildman–Crippen LogP) is 4.06. The summed E-state index contributed by atoms with van der Waals surface area (Å²) in [6, 6.07) is 0. The molecule has 0 amide bonds. The van der Waals surface area contributed by atoms with Crippen molar-refractivity contribution in [1.82, 2.24) is 0 Å². The topological polar surface area (TPSA) is 97.7 Å². The molecule has 0 aromatic rings. The van der Waals surface area contributed by atoms with Crippen LogP contribution in [0.15, 0.2) is 12.2 Å². The minimum Gasteiger partial charge on any atom is -0.444 e. The van der Waals surface area contributed by atoms with Gasteiger partial charge < -0.3 is 4.74 Å². The van der Waals surface area contributed by atoms with Gasteiger partial charge in [-0.3, -0.25) is 14.1 Å². The Hall–Kier alpha value is -1.56. The van der Waals surface area contributed by atoms with E-state index >= 15 is 0 Å².